The van der Waals surface area contributed by atoms with Gasteiger partial charge in [0, 0.05) is 6.61 Å². The molecule has 0 bridgehead atoms. The van der Waals surface area contributed by atoms with Crippen molar-refractivity contribution < 1.29 is 24.8 Å². The normalized spacial score (nSPS) is 24.1. The Hall–Kier alpha value is -0.460. The molecule has 1 aliphatic rings. The highest BCUT2D eigenvalue weighted by atomic mass is 16.6. The molecule has 1 saturated heterocycles. The summed E-state index contributed by atoms with van der Waals surface area (Å²) in [6.07, 6.45) is 16.5. The van der Waals surface area contributed by atoms with E-state index in [0.717, 1.165) is 19.3 Å². The van der Waals surface area contributed by atoms with Crippen LogP contribution in [0.3, 0.4) is 0 Å². The third-order valence-electron chi connectivity index (χ3n) is 5.22. The molecule has 5 heteroatoms. The standard InChI is InChI=1S/C22H42O5/c1-2-3-4-5-6-7-8-9-10-11-12-13-14-15-16-26-20(17-23)22-21(25)19(24)18-27-22/h9-10,19-25H,2-8,11-18H2,1H3/b10-9+/t19-,20+,21-,22-/m0/s1. The van der Waals surface area contributed by atoms with Crippen LogP contribution >= 0.6 is 0 Å². The lowest BCUT2D eigenvalue weighted by atomic mass is 10.1. The van der Waals surface area contributed by atoms with E-state index in [2.05, 4.69) is 19.1 Å². The van der Waals surface area contributed by atoms with Gasteiger partial charge in [-0.3, -0.25) is 0 Å². The van der Waals surface area contributed by atoms with Gasteiger partial charge in [-0.15, -0.1) is 0 Å². The Bertz CT molecular complexity index is 361. The summed E-state index contributed by atoms with van der Waals surface area (Å²) in [6, 6.07) is 0. The summed E-state index contributed by atoms with van der Waals surface area (Å²) in [4.78, 5) is 0. The minimum Gasteiger partial charge on any atom is -0.394 e. The Labute approximate surface area is 165 Å². The molecule has 160 valence electrons. The first-order valence-electron chi connectivity index (χ1n) is 11.1. The molecular weight excluding hydrogens is 344 g/mol. The quantitative estimate of drug-likeness (QED) is 0.262. The highest BCUT2D eigenvalue weighted by molar-refractivity contribution is 4.88. The van der Waals surface area contributed by atoms with Gasteiger partial charge in [0.05, 0.1) is 13.2 Å². The van der Waals surface area contributed by atoms with Crippen LogP contribution in [-0.2, 0) is 9.47 Å². The van der Waals surface area contributed by atoms with E-state index in [1.54, 1.807) is 0 Å². The zero-order valence-corrected chi connectivity index (χ0v) is 17.2. The molecule has 0 amide bonds. The molecule has 0 aromatic heterocycles. The molecule has 0 unspecified atom stereocenters. The van der Waals surface area contributed by atoms with E-state index < -0.39 is 24.4 Å². The number of ether oxygens (including phenoxy) is 2. The van der Waals surface area contributed by atoms with Crippen LogP contribution in [0.5, 0.6) is 0 Å². The largest absolute Gasteiger partial charge is 0.394 e. The maximum atomic E-state index is 9.81. The van der Waals surface area contributed by atoms with Crippen LogP contribution in [-0.4, -0.2) is 59.6 Å². The molecule has 4 atom stereocenters. The summed E-state index contributed by atoms with van der Waals surface area (Å²) < 4.78 is 11.0. The first-order chi connectivity index (χ1) is 13.2. The van der Waals surface area contributed by atoms with E-state index in [9.17, 15) is 15.3 Å². The fourth-order valence-corrected chi connectivity index (χ4v) is 3.44. The zero-order chi connectivity index (χ0) is 19.7. The summed E-state index contributed by atoms with van der Waals surface area (Å²) in [6.45, 7) is 2.68. The number of hydrogen-bond donors (Lipinski definition) is 3. The van der Waals surface area contributed by atoms with Gasteiger partial charge in [-0.05, 0) is 32.1 Å². The summed E-state index contributed by atoms with van der Waals surface area (Å²) in [5.74, 6) is 0. The topological polar surface area (TPSA) is 79.2 Å². The van der Waals surface area contributed by atoms with Crippen molar-refractivity contribution in [2.45, 2.75) is 108 Å². The molecule has 0 spiro atoms. The zero-order valence-electron chi connectivity index (χ0n) is 17.2. The molecule has 5 nitrogen and oxygen atoms in total. The molecule has 3 N–H and O–H groups in total. The van der Waals surface area contributed by atoms with Crippen molar-refractivity contribution >= 4 is 0 Å². The number of aliphatic hydroxyl groups excluding tert-OH is 3. The first-order valence-corrected chi connectivity index (χ1v) is 11.1. The van der Waals surface area contributed by atoms with Crippen molar-refractivity contribution in [3.05, 3.63) is 12.2 Å². The molecule has 0 aromatic rings. The van der Waals surface area contributed by atoms with Crippen molar-refractivity contribution in [3.8, 4) is 0 Å². The summed E-state index contributed by atoms with van der Waals surface area (Å²) in [7, 11) is 0. The van der Waals surface area contributed by atoms with Gasteiger partial charge < -0.3 is 24.8 Å². The van der Waals surface area contributed by atoms with Gasteiger partial charge in [0.25, 0.3) is 0 Å². The molecule has 0 saturated carbocycles. The van der Waals surface area contributed by atoms with Gasteiger partial charge in [0.15, 0.2) is 0 Å². The minimum atomic E-state index is -0.981. The van der Waals surface area contributed by atoms with Gasteiger partial charge in [-0.2, -0.15) is 0 Å². The lowest BCUT2D eigenvalue weighted by Gasteiger charge is -2.24. The van der Waals surface area contributed by atoms with Crippen LogP contribution in [0.25, 0.3) is 0 Å². The molecular formula is C22H42O5. The minimum absolute atomic E-state index is 0.0953. The van der Waals surface area contributed by atoms with Crippen LogP contribution in [0, 0.1) is 0 Å². The monoisotopic (exact) mass is 386 g/mol. The Morgan fingerprint density at radius 1 is 0.926 bits per heavy atom. The molecule has 1 fully saturated rings. The highest BCUT2D eigenvalue weighted by Gasteiger charge is 2.40. The third kappa shape index (κ3) is 11.2. The van der Waals surface area contributed by atoms with Gasteiger partial charge in [0.1, 0.15) is 24.4 Å². The van der Waals surface area contributed by atoms with Gasteiger partial charge in [-0.1, -0.05) is 64.0 Å². The van der Waals surface area contributed by atoms with Crippen molar-refractivity contribution in [3.63, 3.8) is 0 Å². The number of hydrogen-bond acceptors (Lipinski definition) is 5. The maximum Gasteiger partial charge on any atom is 0.114 e. The van der Waals surface area contributed by atoms with Crippen LogP contribution in [0.15, 0.2) is 12.2 Å². The van der Waals surface area contributed by atoms with Gasteiger partial charge in [0.2, 0.25) is 0 Å². The van der Waals surface area contributed by atoms with E-state index in [1.807, 2.05) is 0 Å². The van der Waals surface area contributed by atoms with Crippen LogP contribution in [0.2, 0.25) is 0 Å². The Morgan fingerprint density at radius 2 is 1.52 bits per heavy atom. The first kappa shape index (κ1) is 24.6. The molecule has 1 aliphatic heterocycles. The second-order valence-electron chi connectivity index (χ2n) is 7.68. The van der Waals surface area contributed by atoms with E-state index in [4.69, 9.17) is 9.47 Å². The van der Waals surface area contributed by atoms with E-state index in [1.165, 1.54) is 57.8 Å². The molecule has 1 heterocycles. The Kier molecular flexibility index (Phi) is 15.0. The maximum absolute atomic E-state index is 9.81. The lowest BCUT2D eigenvalue weighted by Crippen LogP contribution is -2.42. The molecule has 0 aliphatic carbocycles. The number of unbranched alkanes of at least 4 members (excludes halogenated alkanes) is 10. The summed E-state index contributed by atoms with van der Waals surface area (Å²) >= 11 is 0. The van der Waals surface area contributed by atoms with E-state index in [0.29, 0.717) is 6.61 Å². The molecule has 1 rings (SSSR count). The van der Waals surface area contributed by atoms with Crippen molar-refractivity contribution in [1.29, 1.82) is 0 Å². The second kappa shape index (κ2) is 16.5. The van der Waals surface area contributed by atoms with Gasteiger partial charge in [-0.25, -0.2) is 0 Å². The average molecular weight is 387 g/mol. The molecule has 0 radical (unpaired) electrons. The Balaban J connectivity index is 1.90. The predicted octanol–water partition coefficient (Wildman–Crippen LogP) is 3.74. The number of aliphatic hydroxyl groups is 3. The summed E-state index contributed by atoms with van der Waals surface area (Å²) in [5, 5.41) is 28.7. The van der Waals surface area contributed by atoms with Crippen molar-refractivity contribution in [2.75, 3.05) is 19.8 Å². The third-order valence-corrected chi connectivity index (χ3v) is 5.22. The predicted molar refractivity (Wildman–Crippen MR) is 109 cm³/mol. The number of rotatable bonds is 17. The smallest absolute Gasteiger partial charge is 0.114 e. The van der Waals surface area contributed by atoms with Crippen LogP contribution < -0.4 is 0 Å². The molecule has 0 aromatic carbocycles. The van der Waals surface area contributed by atoms with Crippen LogP contribution in [0.4, 0.5) is 0 Å². The Morgan fingerprint density at radius 3 is 2.07 bits per heavy atom. The fraction of sp³-hybridized carbons (Fsp3) is 0.909. The fourth-order valence-electron chi connectivity index (χ4n) is 3.44. The lowest BCUT2D eigenvalue weighted by molar-refractivity contribution is -0.101. The molecule has 27 heavy (non-hydrogen) atoms. The van der Waals surface area contributed by atoms with Crippen LogP contribution in [0.1, 0.15) is 84.0 Å². The van der Waals surface area contributed by atoms with E-state index in [-0.39, 0.29) is 13.2 Å². The summed E-state index contributed by atoms with van der Waals surface area (Å²) in [5.41, 5.74) is 0. The SMILES string of the molecule is CCCCCCCC/C=C/CCCCCCO[C@H](CO)[C@@H]1OC[C@H](O)[C@@H]1O. The van der Waals surface area contributed by atoms with Crippen molar-refractivity contribution in [1.82, 2.24) is 0 Å². The second-order valence-corrected chi connectivity index (χ2v) is 7.68. The number of allylic oxidation sites excluding steroid dienone is 2. The highest BCUT2D eigenvalue weighted by Crippen LogP contribution is 2.20. The van der Waals surface area contributed by atoms with E-state index >= 15 is 0 Å². The average Bonchev–Trinajstić information content (AvgIpc) is 3.00. The van der Waals surface area contributed by atoms with Gasteiger partial charge >= 0.3 is 0 Å². The van der Waals surface area contributed by atoms with Crippen molar-refractivity contribution in [2.24, 2.45) is 0 Å².